The van der Waals surface area contributed by atoms with Crippen LogP contribution in [0.1, 0.15) is 16.8 Å². The molecule has 0 aromatic heterocycles. The zero-order chi connectivity index (χ0) is 18.1. The van der Waals surface area contributed by atoms with Crippen LogP contribution in [0.2, 0.25) is 0 Å². The molecular weight excluding hydrogens is 320 g/mol. The molecule has 1 aromatic carbocycles. The van der Waals surface area contributed by atoms with Gasteiger partial charge in [-0.25, -0.2) is 0 Å². The maximum absolute atomic E-state index is 12.6. The fourth-order valence-corrected chi connectivity index (χ4v) is 1.99. The summed E-state index contributed by atoms with van der Waals surface area (Å²) >= 11 is 0. The van der Waals surface area contributed by atoms with Gasteiger partial charge in [0.25, 0.3) is 5.91 Å². The summed E-state index contributed by atoms with van der Waals surface area (Å²) in [7, 11) is 4.06. The van der Waals surface area contributed by atoms with Crippen molar-refractivity contribution in [3.63, 3.8) is 0 Å². The van der Waals surface area contributed by atoms with Crippen LogP contribution in [0.4, 0.5) is 5.69 Å². The molecule has 0 fully saturated rings. The Bertz CT molecular complexity index is 603. The van der Waals surface area contributed by atoms with Crippen LogP contribution in [0.3, 0.4) is 0 Å². The van der Waals surface area contributed by atoms with E-state index in [9.17, 15) is 19.7 Å². The van der Waals surface area contributed by atoms with Gasteiger partial charge in [-0.05, 0) is 12.1 Å². The third kappa shape index (κ3) is 5.20. The highest BCUT2D eigenvalue weighted by atomic mass is 16.6. The Balaban J connectivity index is 3.01. The van der Waals surface area contributed by atoms with E-state index in [4.69, 9.17) is 9.47 Å². The molecule has 132 valence electrons. The van der Waals surface area contributed by atoms with E-state index in [-0.39, 0.29) is 43.1 Å². The summed E-state index contributed by atoms with van der Waals surface area (Å²) < 4.78 is 14.4. The van der Waals surface area contributed by atoms with E-state index in [1.807, 2.05) is 0 Å². The number of hydrogen-bond donors (Lipinski definition) is 0. The first-order chi connectivity index (χ1) is 11.4. The lowest BCUT2D eigenvalue weighted by atomic mass is 10.1. The lowest BCUT2D eigenvalue weighted by Crippen LogP contribution is -2.35. The fourth-order valence-electron chi connectivity index (χ4n) is 1.99. The van der Waals surface area contributed by atoms with E-state index in [2.05, 4.69) is 4.74 Å². The number of nitro groups is 1. The van der Waals surface area contributed by atoms with Crippen molar-refractivity contribution in [1.29, 1.82) is 0 Å². The second-order valence-corrected chi connectivity index (χ2v) is 4.75. The Morgan fingerprint density at radius 3 is 2.46 bits per heavy atom. The Morgan fingerprint density at radius 1 is 1.21 bits per heavy atom. The van der Waals surface area contributed by atoms with Crippen LogP contribution in [-0.2, 0) is 14.3 Å². The number of benzene rings is 1. The topological polar surface area (TPSA) is 108 Å². The molecule has 0 N–H and O–H groups in total. The number of rotatable bonds is 9. The van der Waals surface area contributed by atoms with Gasteiger partial charge in [-0.3, -0.25) is 19.7 Å². The Labute approximate surface area is 139 Å². The predicted molar refractivity (Wildman–Crippen MR) is 84.1 cm³/mol. The fraction of sp³-hybridized carbons (Fsp3) is 0.467. The summed E-state index contributed by atoms with van der Waals surface area (Å²) in [5.74, 6) is -0.831. The van der Waals surface area contributed by atoms with Crippen LogP contribution < -0.4 is 4.74 Å². The maximum Gasteiger partial charge on any atom is 0.311 e. The molecule has 0 aliphatic rings. The van der Waals surface area contributed by atoms with E-state index in [1.165, 1.54) is 38.4 Å². The average molecular weight is 340 g/mol. The first-order valence-electron chi connectivity index (χ1n) is 7.12. The number of carbonyl (C=O) groups is 2. The van der Waals surface area contributed by atoms with Crippen molar-refractivity contribution in [2.75, 3.05) is 41.0 Å². The van der Waals surface area contributed by atoms with Gasteiger partial charge in [0.1, 0.15) is 0 Å². The average Bonchev–Trinajstić information content (AvgIpc) is 2.60. The van der Waals surface area contributed by atoms with Crippen LogP contribution in [0.25, 0.3) is 0 Å². The molecule has 1 rings (SSSR count). The van der Waals surface area contributed by atoms with Crippen LogP contribution >= 0.6 is 0 Å². The number of hydrogen-bond acceptors (Lipinski definition) is 7. The van der Waals surface area contributed by atoms with Gasteiger partial charge in [-0.2, -0.15) is 0 Å². The van der Waals surface area contributed by atoms with Crippen molar-refractivity contribution in [2.24, 2.45) is 0 Å². The molecule has 9 nitrogen and oxygen atoms in total. The van der Waals surface area contributed by atoms with Crippen molar-refractivity contribution in [1.82, 2.24) is 4.90 Å². The van der Waals surface area contributed by atoms with E-state index >= 15 is 0 Å². The Morgan fingerprint density at radius 2 is 1.92 bits per heavy atom. The molecule has 0 aliphatic heterocycles. The number of amides is 1. The van der Waals surface area contributed by atoms with Gasteiger partial charge in [0, 0.05) is 31.8 Å². The van der Waals surface area contributed by atoms with Crippen LogP contribution in [0.5, 0.6) is 5.75 Å². The molecule has 0 radical (unpaired) electrons. The molecule has 24 heavy (non-hydrogen) atoms. The van der Waals surface area contributed by atoms with Crippen LogP contribution in [0, 0.1) is 10.1 Å². The molecule has 1 aromatic rings. The second kappa shape index (κ2) is 9.46. The third-order valence-electron chi connectivity index (χ3n) is 3.29. The molecule has 0 bridgehead atoms. The highest BCUT2D eigenvalue weighted by Crippen LogP contribution is 2.28. The minimum Gasteiger partial charge on any atom is -0.490 e. The SMILES string of the molecule is COCCN(CCC(=O)OC)C(=O)c1ccc(OC)c([N+](=O)[O-])c1. The minimum atomic E-state index is -0.621. The molecule has 0 unspecified atom stereocenters. The van der Waals surface area contributed by atoms with E-state index in [1.54, 1.807) is 0 Å². The molecule has 0 heterocycles. The van der Waals surface area contributed by atoms with Crippen molar-refractivity contribution < 1.29 is 28.7 Å². The highest BCUT2D eigenvalue weighted by molar-refractivity contribution is 5.95. The smallest absolute Gasteiger partial charge is 0.311 e. The van der Waals surface area contributed by atoms with Gasteiger partial charge in [-0.1, -0.05) is 0 Å². The normalized spacial score (nSPS) is 10.1. The number of nitrogens with zero attached hydrogens (tertiary/aromatic N) is 2. The quantitative estimate of drug-likeness (QED) is 0.378. The van der Waals surface area contributed by atoms with Crippen LogP contribution in [0.15, 0.2) is 18.2 Å². The molecular formula is C15H20N2O7. The Kier molecular flexibility index (Phi) is 7.63. The van der Waals surface area contributed by atoms with Crippen LogP contribution in [-0.4, -0.2) is 62.7 Å². The summed E-state index contributed by atoms with van der Waals surface area (Å²) in [6.45, 7) is 0.631. The number of nitro benzene ring substituents is 1. The predicted octanol–water partition coefficient (Wildman–Crippen LogP) is 1.26. The van der Waals surface area contributed by atoms with Gasteiger partial charge in [0.05, 0.1) is 32.2 Å². The van der Waals surface area contributed by atoms with E-state index in [0.29, 0.717) is 0 Å². The van der Waals surface area contributed by atoms with Crippen molar-refractivity contribution in [3.8, 4) is 5.75 Å². The standard InChI is InChI=1S/C15H20N2O7/c1-22-9-8-16(7-6-14(18)24-3)15(19)11-4-5-13(23-2)12(10-11)17(20)21/h4-5,10H,6-9H2,1-3H3. The number of methoxy groups -OCH3 is 3. The first-order valence-corrected chi connectivity index (χ1v) is 7.12. The molecule has 9 heteroatoms. The largest absolute Gasteiger partial charge is 0.490 e. The van der Waals surface area contributed by atoms with Crippen molar-refractivity contribution in [2.45, 2.75) is 6.42 Å². The molecule has 0 saturated carbocycles. The molecule has 0 atom stereocenters. The van der Waals surface area contributed by atoms with Gasteiger partial charge >= 0.3 is 11.7 Å². The van der Waals surface area contributed by atoms with E-state index < -0.39 is 16.8 Å². The lowest BCUT2D eigenvalue weighted by Gasteiger charge is -2.22. The molecule has 0 saturated heterocycles. The third-order valence-corrected chi connectivity index (χ3v) is 3.29. The summed E-state index contributed by atoms with van der Waals surface area (Å²) in [6, 6.07) is 3.95. The number of carbonyl (C=O) groups excluding carboxylic acids is 2. The van der Waals surface area contributed by atoms with Gasteiger partial charge < -0.3 is 19.1 Å². The number of esters is 1. The second-order valence-electron chi connectivity index (χ2n) is 4.75. The van der Waals surface area contributed by atoms with Gasteiger partial charge in [0.15, 0.2) is 5.75 Å². The number of ether oxygens (including phenoxy) is 3. The van der Waals surface area contributed by atoms with Crippen molar-refractivity contribution >= 4 is 17.6 Å². The summed E-state index contributed by atoms with van der Waals surface area (Å²) in [4.78, 5) is 35.7. The summed E-state index contributed by atoms with van der Waals surface area (Å²) in [5.41, 5.74) is -0.175. The highest BCUT2D eigenvalue weighted by Gasteiger charge is 2.22. The zero-order valence-corrected chi connectivity index (χ0v) is 13.8. The maximum atomic E-state index is 12.6. The molecule has 0 spiro atoms. The monoisotopic (exact) mass is 340 g/mol. The van der Waals surface area contributed by atoms with Gasteiger partial charge in [0.2, 0.25) is 0 Å². The Hall–Kier alpha value is -2.68. The van der Waals surface area contributed by atoms with E-state index in [0.717, 1.165) is 6.07 Å². The van der Waals surface area contributed by atoms with Crippen molar-refractivity contribution in [3.05, 3.63) is 33.9 Å². The minimum absolute atomic E-state index is 0.0181. The zero-order valence-electron chi connectivity index (χ0n) is 13.8. The first kappa shape index (κ1) is 19.4. The summed E-state index contributed by atoms with van der Waals surface area (Å²) in [6.07, 6.45) is 0.0181. The lowest BCUT2D eigenvalue weighted by molar-refractivity contribution is -0.385. The molecule has 1 amide bonds. The molecule has 0 aliphatic carbocycles. The summed E-state index contributed by atoms with van der Waals surface area (Å²) in [5, 5.41) is 11.1. The van der Waals surface area contributed by atoms with Gasteiger partial charge in [-0.15, -0.1) is 0 Å².